The van der Waals surface area contributed by atoms with Crippen LogP contribution in [0.4, 0.5) is 0 Å². The van der Waals surface area contributed by atoms with E-state index in [9.17, 15) is 19.2 Å². The highest BCUT2D eigenvalue weighted by Crippen LogP contribution is 2.54. The number of carbonyl (C=O) groups excluding carboxylic acids is 4. The van der Waals surface area contributed by atoms with Crippen molar-refractivity contribution >= 4 is 23.3 Å². The summed E-state index contributed by atoms with van der Waals surface area (Å²) in [6.07, 6.45) is 1.81. The van der Waals surface area contributed by atoms with Crippen LogP contribution in [0.2, 0.25) is 0 Å². The monoisotopic (exact) mass is 631 g/mol. The largest absolute Gasteiger partial charge is 0.497 e. The molecular weight excluding hydrogens is 590 g/mol. The van der Waals surface area contributed by atoms with E-state index >= 15 is 0 Å². The smallest absolute Gasteiger partial charge is 0.326 e. The number of esters is 1. The van der Waals surface area contributed by atoms with E-state index in [0.29, 0.717) is 48.1 Å². The first kappa shape index (κ1) is 32.2. The van der Waals surface area contributed by atoms with Crippen molar-refractivity contribution < 1.29 is 28.7 Å². The number of Topliss-reactive ketones (excluding diaryl/α,β-unsaturated/α-hetero) is 3. The molecule has 0 unspecified atom stereocenters. The molecule has 0 atom stereocenters. The van der Waals surface area contributed by atoms with E-state index in [2.05, 4.69) is 27.7 Å². The summed E-state index contributed by atoms with van der Waals surface area (Å²) in [6, 6.07) is 24.6. The van der Waals surface area contributed by atoms with E-state index in [4.69, 9.17) is 9.47 Å². The molecule has 242 valence electrons. The second kappa shape index (κ2) is 12.4. The highest BCUT2D eigenvalue weighted by molar-refractivity contribution is 6.07. The Morgan fingerprint density at radius 1 is 0.723 bits per heavy atom. The van der Waals surface area contributed by atoms with Gasteiger partial charge in [0.15, 0.2) is 24.0 Å². The average molecular weight is 632 g/mol. The van der Waals surface area contributed by atoms with Crippen molar-refractivity contribution in [1.29, 1.82) is 0 Å². The van der Waals surface area contributed by atoms with Gasteiger partial charge in [0.25, 0.3) is 0 Å². The minimum atomic E-state index is -0.590. The summed E-state index contributed by atoms with van der Waals surface area (Å²) < 4.78 is 10.9. The van der Waals surface area contributed by atoms with Gasteiger partial charge >= 0.3 is 5.97 Å². The molecule has 0 saturated heterocycles. The van der Waals surface area contributed by atoms with Gasteiger partial charge in [-0.15, -0.1) is 0 Å². The topological polar surface area (TPSA) is 90.0 Å². The molecule has 3 aliphatic rings. The molecule has 0 radical (unpaired) electrons. The molecule has 0 aromatic heterocycles. The molecule has 0 bridgehead atoms. The van der Waals surface area contributed by atoms with Crippen molar-refractivity contribution in [2.75, 3.05) is 20.3 Å². The number of hydrogen-bond acceptors (Lipinski definition) is 7. The molecule has 2 aliphatic carbocycles. The van der Waals surface area contributed by atoms with Gasteiger partial charge in [0.2, 0.25) is 0 Å². The average Bonchev–Trinajstić information content (AvgIpc) is 3.03. The molecule has 0 saturated carbocycles. The Labute approximate surface area is 276 Å². The summed E-state index contributed by atoms with van der Waals surface area (Å²) >= 11 is 0. The van der Waals surface area contributed by atoms with Gasteiger partial charge < -0.3 is 14.4 Å². The summed E-state index contributed by atoms with van der Waals surface area (Å²) in [5.74, 6) is -0.772. The van der Waals surface area contributed by atoms with E-state index in [1.54, 1.807) is 19.2 Å². The van der Waals surface area contributed by atoms with E-state index in [-0.39, 0.29) is 34.7 Å². The third-order valence-electron chi connectivity index (χ3n) is 9.44. The number of carbonyl (C=O) groups is 4. The number of nitrogens with zero attached hydrogens (tertiary/aromatic N) is 1. The minimum Gasteiger partial charge on any atom is -0.497 e. The zero-order chi connectivity index (χ0) is 33.5. The Hall–Kier alpha value is -4.78. The van der Waals surface area contributed by atoms with Crippen LogP contribution in [0, 0.1) is 10.8 Å². The molecule has 3 aromatic carbocycles. The van der Waals surface area contributed by atoms with Crippen LogP contribution in [-0.4, -0.2) is 48.5 Å². The fourth-order valence-electron chi connectivity index (χ4n) is 7.25. The standard InChI is InChI=1S/C40H41NO6/c1-39(2)19-30-37(32(42)21-39)36(28-15-17-29(46-5)18-16-28)38-31(20-40(3,4)22-33(38)43)41(30)23-35(45)47-24-34(44)27-13-11-26(12-14-27)25-9-7-6-8-10-25/h6-18,36H,19-24H2,1-5H3. The summed E-state index contributed by atoms with van der Waals surface area (Å²) in [5.41, 5.74) is 5.32. The number of hydrogen-bond donors (Lipinski definition) is 0. The maximum atomic E-state index is 14.0. The first-order valence-corrected chi connectivity index (χ1v) is 16.1. The Bertz CT molecular complexity index is 1740. The Morgan fingerprint density at radius 3 is 1.79 bits per heavy atom. The second-order valence-corrected chi connectivity index (χ2v) is 14.4. The van der Waals surface area contributed by atoms with Gasteiger partial charge in [-0.25, -0.2) is 0 Å². The lowest BCUT2D eigenvalue weighted by molar-refractivity contribution is -0.143. The molecule has 1 aliphatic heterocycles. The third-order valence-corrected chi connectivity index (χ3v) is 9.44. The highest BCUT2D eigenvalue weighted by Gasteiger charge is 2.49. The van der Waals surface area contributed by atoms with Crippen LogP contribution in [0.3, 0.4) is 0 Å². The lowest BCUT2D eigenvalue weighted by Crippen LogP contribution is -2.46. The summed E-state index contributed by atoms with van der Waals surface area (Å²) in [6.45, 7) is 7.60. The van der Waals surface area contributed by atoms with Gasteiger partial charge in [0, 0.05) is 46.9 Å². The van der Waals surface area contributed by atoms with Crippen LogP contribution < -0.4 is 4.74 Å². The van der Waals surface area contributed by atoms with Crippen molar-refractivity contribution in [2.45, 2.75) is 59.3 Å². The lowest BCUT2D eigenvalue weighted by atomic mass is 9.63. The molecule has 7 nitrogen and oxygen atoms in total. The first-order chi connectivity index (χ1) is 22.4. The van der Waals surface area contributed by atoms with Crippen molar-refractivity contribution in [3.63, 3.8) is 0 Å². The number of benzene rings is 3. The number of rotatable bonds is 8. The van der Waals surface area contributed by atoms with Gasteiger partial charge in [-0.1, -0.05) is 94.4 Å². The fraction of sp³-hybridized carbons (Fsp3) is 0.350. The van der Waals surface area contributed by atoms with Gasteiger partial charge in [0.05, 0.1) is 7.11 Å². The predicted octanol–water partition coefficient (Wildman–Crippen LogP) is 7.47. The summed E-state index contributed by atoms with van der Waals surface area (Å²) in [5, 5.41) is 0. The lowest BCUT2D eigenvalue weighted by Gasteiger charge is -2.48. The minimum absolute atomic E-state index is 0.0197. The van der Waals surface area contributed by atoms with Crippen LogP contribution in [0.1, 0.15) is 75.2 Å². The zero-order valence-electron chi connectivity index (χ0n) is 27.7. The first-order valence-electron chi connectivity index (χ1n) is 16.1. The quantitative estimate of drug-likeness (QED) is 0.188. The molecular formula is C40H41NO6. The highest BCUT2D eigenvalue weighted by atomic mass is 16.5. The van der Waals surface area contributed by atoms with Gasteiger partial charge in [-0.05, 0) is 52.5 Å². The Kier molecular flexibility index (Phi) is 8.51. The maximum absolute atomic E-state index is 14.0. The molecule has 3 aromatic rings. The number of ketones is 3. The fourth-order valence-corrected chi connectivity index (χ4v) is 7.25. The van der Waals surface area contributed by atoms with Crippen LogP contribution in [0.25, 0.3) is 11.1 Å². The maximum Gasteiger partial charge on any atom is 0.326 e. The molecule has 0 spiro atoms. The molecule has 0 N–H and O–H groups in total. The molecule has 0 amide bonds. The molecule has 0 fully saturated rings. The van der Waals surface area contributed by atoms with Crippen LogP contribution in [-0.2, 0) is 19.1 Å². The normalized spacial score (nSPS) is 18.9. The van der Waals surface area contributed by atoms with E-state index < -0.39 is 18.5 Å². The van der Waals surface area contributed by atoms with E-state index in [0.717, 1.165) is 28.1 Å². The van der Waals surface area contributed by atoms with Crippen LogP contribution in [0.15, 0.2) is 101 Å². The number of methoxy groups -OCH3 is 1. The number of allylic oxidation sites excluding steroid dienone is 4. The van der Waals surface area contributed by atoms with Gasteiger partial charge in [0.1, 0.15) is 12.3 Å². The summed E-state index contributed by atoms with van der Waals surface area (Å²) in [4.78, 5) is 56.3. The zero-order valence-corrected chi connectivity index (χ0v) is 27.7. The number of ether oxygens (including phenoxy) is 2. The molecule has 47 heavy (non-hydrogen) atoms. The second-order valence-electron chi connectivity index (χ2n) is 14.4. The Balaban J connectivity index is 1.30. The molecule has 7 heteroatoms. The van der Waals surface area contributed by atoms with Gasteiger partial charge in [-0.3, -0.25) is 19.2 Å². The van der Waals surface area contributed by atoms with Crippen LogP contribution in [0.5, 0.6) is 5.75 Å². The van der Waals surface area contributed by atoms with Crippen LogP contribution >= 0.6 is 0 Å². The molecule has 6 rings (SSSR count). The van der Waals surface area contributed by atoms with E-state index in [1.165, 1.54) is 0 Å². The molecule has 1 heterocycles. The SMILES string of the molecule is COc1ccc(C2C3=C(CC(C)(C)CC3=O)N(CC(=O)OCC(=O)c3ccc(-c4ccccc4)cc3)C3=C2C(=O)CC(C)(C)C3)cc1. The van der Waals surface area contributed by atoms with Crippen molar-refractivity contribution in [3.05, 3.63) is 113 Å². The van der Waals surface area contributed by atoms with Gasteiger partial charge in [-0.2, -0.15) is 0 Å². The van der Waals surface area contributed by atoms with E-state index in [1.807, 2.05) is 71.6 Å². The summed E-state index contributed by atoms with van der Waals surface area (Å²) in [7, 11) is 1.60. The van der Waals surface area contributed by atoms with Crippen molar-refractivity contribution in [2.24, 2.45) is 10.8 Å². The van der Waals surface area contributed by atoms with Crippen molar-refractivity contribution in [3.8, 4) is 16.9 Å². The van der Waals surface area contributed by atoms with Crippen molar-refractivity contribution in [1.82, 2.24) is 4.90 Å². The predicted molar refractivity (Wildman–Crippen MR) is 180 cm³/mol. The Morgan fingerprint density at radius 2 is 1.26 bits per heavy atom. The third kappa shape index (κ3) is 6.57.